The van der Waals surface area contributed by atoms with Crippen LogP contribution in [0.5, 0.6) is 0 Å². The van der Waals surface area contributed by atoms with Crippen LogP contribution in [0.15, 0.2) is 85.3 Å². The number of amides is 3. The van der Waals surface area contributed by atoms with Gasteiger partial charge in [0.25, 0.3) is 29.3 Å². The number of benzene rings is 2. The fourth-order valence-electron chi connectivity index (χ4n) is 8.76. The van der Waals surface area contributed by atoms with Gasteiger partial charge < -0.3 is 29.8 Å². The highest BCUT2D eigenvalue weighted by atomic mass is 35.5. The Bertz CT molecular complexity index is 2810. The molecular formula is C46H46ClN9O7. The number of hydrogen-bond acceptors (Lipinski definition) is 10. The second kappa shape index (κ2) is 17.6. The lowest BCUT2D eigenvalue weighted by Gasteiger charge is -2.44. The van der Waals surface area contributed by atoms with Gasteiger partial charge in [-0.1, -0.05) is 66.2 Å². The third-order valence-corrected chi connectivity index (χ3v) is 12.3. The number of carbonyl (C=O) groups excluding carboxylic acids is 5. The molecule has 6 heterocycles. The summed E-state index contributed by atoms with van der Waals surface area (Å²) in [6.07, 6.45) is 4.70. The molecule has 4 aromatic heterocycles. The number of halogens is 1. The second-order valence-electron chi connectivity index (χ2n) is 16.4. The van der Waals surface area contributed by atoms with Crippen LogP contribution in [0.4, 0.5) is 0 Å². The molecule has 0 saturated carbocycles. The van der Waals surface area contributed by atoms with Crippen LogP contribution in [0.1, 0.15) is 72.2 Å². The Hall–Kier alpha value is -6.75. The predicted molar refractivity (Wildman–Crippen MR) is 234 cm³/mol. The standard InChI is InChI=1S/C46H46ClN9O7/c1-27-21-56(45(61)35-18-34-37(50-42(35)47)25-51(3)38(34)41(58)46(62)63)28(2)20-54(27)23-30-10-7-11-31(16-30)24-55-26-36-33(39(55)40(57)43(48)59)17-32(19-49-36)44(60)53-14-12-52(13-15-53)22-29-8-5-4-6-9-29/h4-11,16-19,25-28H,12-15,20-24H2,1-3H3,(H2,48,59)(H,62,63)/t27-,28+/m0/s1. The average molecular weight is 872 g/mol. The third kappa shape index (κ3) is 8.69. The number of piperazine rings is 2. The number of hydrogen-bond donors (Lipinski definition) is 2. The first kappa shape index (κ1) is 42.9. The van der Waals surface area contributed by atoms with Crippen molar-refractivity contribution >= 4 is 68.7 Å². The molecular weight excluding hydrogens is 826 g/mol. The number of aromatic nitrogens is 4. The summed E-state index contributed by atoms with van der Waals surface area (Å²) in [4.78, 5) is 94.4. The lowest BCUT2D eigenvalue weighted by molar-refractivity contribution is -0.131. The monoisotopic (exact) mass is 871 g/mol. The average Bonchev–Trinajstić information content (AvgIpc) is 3.78. The van der Waals surface area contributed by atoms with Gasteiger partial charge in [-0.05, 0) is 42.7 Å². The number of primary amides is 1. The first-order valence-corrected chi connectivity index (χ1v) is 21.0. The molecule has 0 spiro atoms. The molecule has 324 valence electrons. The molecule has 2 aliphatic heterocycles. The Morgan fingerprint density at radius 3 is 2.13 bits per heavy atom. The summed E-state index contributed by atoms with van der Waals surface area (Å²) in [7, 11) is 1.53. The quantitative estimate of drug-likeness (QED) is 0.101. The number of carboxylic acids is 1. The smallest absolute Gasteiger partial charge is 0.378 e. The van der Waals surface area contributed by atoms with Crippen molar-refractivity contribution in [1.82, 2.24) is 38.7 Å². The van der Waals surface area contributed by atoms with Crippen LogP contribution in [0.25, 0.3) is 21.8 Å². The van der Waals surface area contributed by atoms with Crippen molar-refractivity contribution in [2.45, 2.75) is 45.6 Å². The van der Waals surface area contributed by atoms with E-state index in [4.69, 9.17) is 17.3 Å². The van der Waals surface area contributed by atoms with Gasteiger partial charge in [0.05, 0.1) is 22.2 Å². The van der Waals surface area contributed by atoms with Crippen molar-refractivity contribution < 1.29 is 33.9 Å². The van der Waals surface area contributed by atoms with Gasteiger partial charge in [-0.15, -0.1) is 0 Å². The van der Waals surface area contributed by atoms with Crippen LogP contribution in [0.2, 0.25) is 5.15 Å². The Kier molecular flexibility index (Phi) is 12.0. The predicted octanol–water partition coefficient (Wildman–Crippen LogP) is 4.25. The topological polar surface area (TPSA) is 197 Å². The Balaban J connectivity index is 0.960. The first-order valence-electron chi connectivity index (χ1n) is 20.6. The molecule has 2 aliphatic rings. The van der Waals surface area contributed by atoms with Crippen molar-refractivity contribution in [3.05, 3.63) is 130 Å². The molecule has 16 nitrogen and oxygen atoms in total. The van der Waals surface area contributed by atoms with Crippen LogP contribution in [0.3, 0.4) is 0 Å². The number of fused-ring (bicyclic) bond motifs is 2. The third-order valence-electron chi connectivity index (χ3n) is 12.0. The largest absolute Gasteiger partial charge is 0.475 e. The highest BCUT2D eigenvalue weighted by molar-refractivity contribution is 6.44. The maximum atomic E-state index is 14.0. The van der Waals surface area contributed by atoms with E-state index in [0.717, 1.165) is 17.7 Å². The van der Waals surface area contributed by atoms with E-state index in [1.54, 1.807) is 26.6 Å². The van der Waals surface area contributed by atoms with Crippen LogP contribution >= 0.6 is 11.6 Å². The van der Waals surface area contributed by atoms with Gasteiger partial charge in [0.15, 0.2) is 0 Å². The molecule has 0 bridgehead atoms. The van der Waals surface area contributed by atoms with E-state index in [9.17, 15) is 33.9 Å². The van der Waals surface area contributed by atoms with Crippen molar-refractivity contribution in [3.63, 3.8) is 0 Å². The number of ketones is 2. The minimum absolute atomic E-state index is 0.0449. The Labute approximate surface area is 367 Å². The Morgan fingerprint density at radius 2 is 1.43 bits per heavy atom. The van der Waals surface area contributed by atoms with E-state index in [2.05, 4.69) is 31.9 Å². The van der Waals surface area contributed by atoms with E-state index < -0.39 is 23.4 Å². The minimum Gasteiger partial charge on any atom is -0.475 e. The number of carboxylic acid groups (broad SMARTS) is 1. The molecule has 17 heteroatoms. The SMILES string of the molecule is C[C@@H]1CN(Cc2cccc(Cn3cc4ncc(C(=O)N5CCN(Cc6ccccc6)CC5)cc4c3C(=O)C(N)=O)c2)[C@@H](C)CN1C(=O)c1cc2c(C(=O)C(=O)O)n(C)cc2nc1Cl. The zero-order valence-electron chi connectivity index (χ0n) is 35.0. The van der Waals surface area contributed by atoms with Gasteiger partial charge in [-0.25, -0.2) is 9.78 Å². The highest BCUT2D eigenvalue weighted by Gasteiger charge is 2.35. The molecule has 3 N–H and O–H groups in total. The van der Waals surface area contributed by atoms with E-state index in [1.807, 2.05) is 56.3 Å². The summed E-state index contributed by atoms with van der Waals surface area (Å²) in [6.45, 7) is 8.93. The molecule has 0 radical (unpaired) electrons. The van der Waals surface area contributed by atoms with Gasteiger partial charge in [0.1, 0.15) is 16.5 Å². The number of nitrogens with zero attached hydrogens (tertiary/aromatic N) is 8. The number of nitrogens with two attached hydrogens (primary N) is 1. The molecule has 8 rings (SSSR count). The van der Waals surface area contributed by atoms with Crippen LogP contribution < -0.4 is 5.73 Å². The number of carbonyl (C=O) groups is 6. The zero-order valence-corrected chi connectivity index (χ0v) is 35.8. The van der Waals surface area contributed by atoms with Crippen LogP contribution in [-0.4, -0.2) is 130 Å². The fraction of sp³-hybridized carbons (Fsp3) is 0.304. The first-order chi connectivity index (χ1) is 30.2. The Morgan fingerprint density at radius 1 is 0.746 bits per heavy atom. The lowest BCUT2D eigenvalue weighted by atomic mass is 10.0. The maximum absolute atomic E-state index is 14.0. The minimum atomic E-state index is -1.62. The molecule has 3 amide bonds. The van der Waals surface area contributed by atoms with E-state index in [-0.39, 0.29) is 57.9 Å². The summed E-state index contributed by atoms with van der Waals surface area (Å²) in [6, 6.07) is 20.8. The fourth-order valence-corrected chi connectivity index (χ4v) is 8.98. The van der Waals surface area contributed by atoms with E-state index in [0.29, 0.717) is 67.8 Å². The molecule has 2 saturated heterocycles. The molecule has 2 aromatic carbocycles. The number of rotatable bonds is 12. The van der Waals surface area contributed by atoms with Crippen LogP contribution in [-0.2, 0) is 36.3 Å². The van der Waals surface area contributed by atoms with Gasteiger partial charge in [-0.3, -0.25) is 38.8 Å². The number of aryl methyl sites for hydroxylation is 1. The van der Waals surface area contributed by atoms with E-state index >= 15 is 0 Å². The summed E-state index contributed by atoms with van der Waals surface area (Å²) in [5.74, 6) is -5.31. The molecule has 2 atom stereocenters. The maximum Gasteiger partial charge on any atom is 0.378 e. The van der Waals surface area contributed by atoms with E-state index in [1.165, 1.54) is 35.6 Å². The normalized spacial score (nSPS) is 17.3. The van der Waals surface area contributed by atoms with Gasteiger partial charge in [0.2, 0.25) is 0 Å². The zero-order chi connectivity index (χ0) is 44.7. The summed E-state index contributed by atoms with van der Waals surface area (Å²) >= 11 is 6.51. The number of aliphatic carboxylic acids is 1. The number of Topliss-reactive ketones (excluding diaryl/α,β-unsaturated/α-hetero) is 2. The molecule has 0 unspecified atom stereocenters. The van der Waals surface area contributed by atoms with Crippen molar-refractivity contribution in [3.8, 4) is 0 Å². The van der Waals surface area contributed by atoms with Crippen molar-refractivity contribution in [1.29, 1.82) is 0 Å². The van der Waals surface area contributed by atoms with Gasteiger partial charge >= 0.3 is 5.97 Å². The van der Waals surface area contributed by atoms with Crippen molar-refractivity contribution in [2.75, 3.05) is 39.3 Å². The second-order valence-corrected chi connectivity index (χ2v) is 16.8. The molecule has 2 fully saturated rings. The highest BCUT2D eigenvalue weighted by Crippen LogP contribution is 2.29. The van der Waals surface area contributed by atoms with Gasteiger partial charge in [-0.2, -0.15) is 0 Å². The summed E-state index contributed by atoms with van der Waals surface area (Å²) in [5.41, 5.74) is 9.72. The molecule has 6 aromatic rings. The number of pyridine rings is 2. The van der Waals surface area contributed by atoms with Gasteiger partial charge in [0, 0.05) is 107 Å². The molecule has 63 heavy (non-hydrogen) atoms. The summed E-state index contributed by atoms with van der Waals surface area (Å²) < 4.78 is 3.02. The lowest BCUT2D eigenvalue weighted by Crippen LogP contribution is -2.57. The molecule has 0 aliphatic carbocycles. The summed E-state index contributed by atoms with van der Waals surface area (Å²) in [5, 5.41) is 9.94. The van der Waals surface area contributed by atoms with Crippen LogP contribution in [0, 0.1) is 0 Å². The van der Waals surface area contributed by atoms with Crippen molar-refractivity contribution in [2.24, 2.45) is 12.8 Å².